The van der Waals surface area contributed by atoms with Gasteiger partial charge in [-0.2, -0.15) is 0 Å². The second-order valence-electron chi connectivity index (χ2n) is 3.52. The highest BCUT2D eigenvalue weighted by Gasteiger charge is 2.53. The van der Waals surface area contributed by atoms with Crippen LogP contribution < -0.4 is 0 Å². The summed E-state index contributed by atoms with van der Waals surface area (Å²) in [7, 11) is 2.21. The number of hydrogen-bond acceptors (Lipinski definition) is 4. The van der Waals surface area contributed by atoms with Crippen LogP contribution in [0.3, 0.4) is 0 Å². The Morgan fingerprint density at radius 3 is 1.67 bits per heavy atom. The molecule has 0 saturated heterocycles. The molecule has 15 heavy (non-hydrogen) atoms. The summed E-state index contributed by atoms with van der Waals surface area (Å²) in [6.45, 7) is 0. The van der Waals surface area contributed by atoms with Crippen molar-refractivity contribution in [2.24, 2.45) is 11.8 Å². The lowest BCUT2D eigenvalue weighted by molar-refractivity contribution is -0.156. The van der Waals surface area contributed by atoms with Gasteiger partial charge in [0, 0.05) is 12.8 Å². The van der Waals surface area contributed by atoms with Crippen molar-refractivity contribution in [1.82, 2.24) is 0 Å². The Morgan fingerprint density at radius 1 is 1.07 bits per heavy atom. The SMILES string of the molecule is COC(=O)[C@H]1CC(F)(F)C[C@@H]1C(=O)OC. The number of rotatable bonds is 2. The van der Waals surface area contributed by atoms with E-state index in [0.29, 0.717) is 0 Å². The fourth-order valence-corrected chi connectivity index (χ4v) is 1.81. The van der Waals surface area contributed by atoms with Gasteiger partial charge in [0.2, 0.25) is 5.92 Å². The Labute approximate surface area is 85.5 Å². The molecule has 0 radical (unpaired) electrons. The molecule has 1 rings (SSSR count). The number of alkyl halides is 2. The average molecular weight is 222 g/mol. The summed E-state index contributed by atoms with van der Waals surface area (Å²) in [5.41, 5.74) is 0. The fourth-order valence-electron chi connectivity index (χ4n) is 1.81. The van der Waals surface area contributed by atoms with Crippen LogP contribution in [0.2, 0.25) is 0 Å². The lowest BCUT2D eigenvalue weighted by Crippen LogP contribution is -2.27. The van der Waals surface area contributed by atoms with Gasteiger partial charge < -0.3 is 9.47 Å². The zero-order valence-corrected chi connectivity index (χ0v) is 8.46. The van der Waals surface area contributed by atoms with Crippen LogP contribution in [0.25, 0.3) is 0 Å². The third-order valence-electron chi connectivity index (χ3n) is 2.53. The molecule has 0 aromatic rings. The highest BCUT2D eigenvalue weighted by molar-refractivity contribution is 5.82. The molecule has 4 nitrogen and oxygen atoms in total. The molecule has 1 fully saturated rings. The van der Waals surface area contributed by atoms with Crippen LogP contribution in [-0.4, -0.2) is 32.1 Å². The molecule has 6 heteroatoms. The molecule has 0 amide bonds. The summed E-state index contributed by atoms with van der Waals surface area (Å²) in [4.78, 5) is 22.3. The lowest BCUT2D eigenvalue weighted by atomic mass is 9.96. The smallest absolute Gasteiger partial charge is 0.309 e. The van der Waals surface area contributed by atoms with Gasteiger partial charge in [-0.25, -0.2) is 8.78 Å². The van der Waals surface area contributed by atoms with Crippen molar-refractivity contribution in [3.8, 4) is 0 Å². The molecule has 86 valence electrons. The largest absolute Gasteiger partial charge is 0.469 e. The number of ether oxygens (including phenoxy) is 2. The van der Waals surface area contributed by atoms with Crippen LogP contribution >= 0.6 is 0 Å². The van der Waals surface area contributed by atoms with E-state index in [-0.39, 0.29) is 0 Å². The third kappa shape index (κ3) is 2.43. The molecule has 0 unspecified atom stereocenters. The summed E-state index contributed by atoms with van der Waals surface area (Å²) >= 11 is 0. The van der Waals surface area contributed by atoms with E-state index in [1.165, 1.54) is 0 Å². The minimum atomic E-state index is -3.00. The Bertz CT molecular complexity index is 251. The van der Waals surface area contributed by atoms with Gasteiger partial charge in [-0.05, 0) is 0 Å². The monoisotopic (exact) mass is 222 g/mol. The van der Waals surface area contributed by atoms with Gasteiger partial charge in [0.1, 0.15) is 0 Å². The van der Waals surface area contributed by atoms with Gasteiger partial charge in [0.05, 0.1) is 26.1 Å². The molecular weight excluding hydrogens is 210 g/mol. The number of carbonyl (C=O) groups excluding carboxylic acids is 2. The van der Waals surface area contributed by atoms with Gasteiger partial charge in [-0.3, -0.25) is 9.59 Å². The Balaban J connectivity index is 2.83. The zero-order valence-electron chi connectivity index (χ0n) is 8.46. The van der Waals surface area contributed by atoms with E-state index >= 15 is 0 Å². The summed E-state index contributed by atoms with van der Waals surface area (Å²) in [6, 6.07) is 0. The van der Waals surface area contributed by atoms with Crippen LogP contribution in [0.5, 0.6) is 0 Å². The average Bonchev–Trinajstić information content (AvgIpc) is 2.52. The molecule has 0 aromatic heterocycles. The first-order valence-electron chi connectivity index (χ1n) is 4.45. The van der Waals surface area contributed by atoms with Crippen LogP contribution in [-0.2, 0) is 19.1 Å². The molecular formula is C9H12F2O4. The fraction of sp³-hybridized carbons (Fsp3) is 0.778. The van der Waals surface area contributed by atoms with Crippen LogP contribution in [0.1, 0.15) is 12.8 Å². The Morgan fingerprint density at radius 2 is 1.40 bits per heavy atom. The summed E-state index contributed by atoms with van der Waals surface area (Å²) in [6.07, 6.45) is -1.31. The molecule has 0 bridgehead atoms. The lowest BCUT2D eigenvalue weighted by Gasteiger charge is -2.13. The summed E-state index contributed by atoms with van der Waals surface area (Å²) < 4.78 is 34.8. The molecule has 0 N–H and O–H groups in total. The van der Waals surface area contributed by atoms with Crippen LogP contribution in [0.4, 0.5) is 8.78 Å². The predicted octanol–water partition coefficient (Wildman–Crippen LogP) is 0.994. The molecule has 0 spiro atoms. The summed E-state index contributed by atoms with van der Waals surface area (Å²) in [5, 5.41) is 0. The standard InChI is InChI=1S/C9H12F2O4/c1-14-7(12)5-3-9(10,11)4-6(5)8(13)15-2/h5-6H,3-4H2,1-2H3/t5-,6-/m0/s1. The van der Waals surface area contributed by atoms with Crippen molar-refractivity contribution in [2.45, 2.75) is 18.8 Å². The van der Waals surface area contributed by atoms with Crippen molar-refractivity contribution < 1.29 is 27.8 Å². The van der Waals surface area contributed by atoms with Crippen molar-refractivity contribution in [2.75, 3.05) is 14.2 Å². The zero-order chi connectivity index (χ0) is 11.6. The number of esters is 2. The van der Waals surface area contributed by atoms with E-state index in [1.54, 1.807) is 0 Å². The van der Waals surface area contributed by atoms with Crippen molar-refractivity contribution in [1.29, 1.82) is 0 Å². The highest BCUT2D eigenvalue weighted by atomic mass is 19.3. The van der Waals surface area contributed by atoms with Gasteiger partial charge >= 0.3 is 11.9 Å². The van der Waals surface area contributed by atoms with Crippen LogP contribution in [0, 0.1) is 11.8 Å². The van der Waals surface area contributed by atoms with Crippen molar-refractivity contribution in [3.63, 3.8) is 0 Å². The number of halogens is 2. The maximum Gasteiger partial charge on any atom is 0.309 e. The Kier molecular flexibility index (Phi) is 3.26. The Hall–Kier alpha value is -1.20. The highest BCUT2D eigenvalue weighted by Crippen LogP contribution is 2.44. The second kappa shape index (κ2) is 4.12. The van der Waals surface area contributed by atoms with Gasteiger partial charge in [-0.15, -0.1) is 0 Å². The predicted molar refractivity (Wildman–Crippen MR) is 45.2 cm³/mol. The van der Waals surface area contributed by atoms with Gasteiger partial charge in [-0.1, -0.05) is 0 Å². The normalized spacial score (nSPS) is 28.5. The maximum absolute atomic E-state index is 13.0. The molecule has 1 saturated carbocycles. The van der Waals surface area contributed by atoms with E-state index < -0.39 is 42.5 Å². The first-order valence-corrected chi connectivity index (χ1v) is 4.45. The van der Waals surface area contributed by atoms with Crippen LogP contribution in [0.15, 0.2) is 0 Å². The van der Waals surface area contributed by atoms with Gasteiger partial charge in [0.15, 0.2) is 0 Å². The summed E-state index contributed by atoms with van der Waals surface area (Å²) in [5.74, 6) is -6.78. The minimum Gasteiger partial charge on any atom is -0.469 e. The maximum atomic E-state index is 13.0. The molecule has 1 aliphatic rings. The van der Waals surface area contributed by atoms with Gasteiger partial charge in [0.25, 0.3) is 0 Å². The van der Waals surface area contributed by atoms with Crippen molar-refractivity contribution >= 4 is 11.9 Å². The topological polar surface area (TPSA) is 52.6 Å². The van der Waals surface area contributed by atoms with E-state index in [0.717, 1.165) is 14.2 Å². The van der Waals surface area contributed by atoms with E-state index in [2.05, 4.69) is 9.47 Å². The van der Waals surface area contributed by atoms with E-state index in [4.69, 9.17) is 0 Å². The molecule has 1 aliphatic carbocycles. The van der Waals surface area contributed by atoms with E-state index in [1.807, 2.05) is 0 Å². The second-order valence-corrected chi connectivity index (χ2v) is 3.52. The molecule has 0 aliphatic heterocycles. The quantitative estimate of drug-likeness (QED) is 0.654. The minimum absolute atomic E-state index is 0.653. The number of carbonyl (C=O) groups is 2. The van der Waals surface area contributed by atoms with Crippen molar-refractivity contribution in [3.05, 3.63) is 0 Å². The molecule has 2 atom stereocenters. The number of hydrogen-bond donors (Lipinski definition) is 0. The molecule has 0 heterocycles. The first-order chi connectivity index (χ1) is 6.91. The number of methoxy groups -OCH3 is 2. The first kappa shape index (κ1) is 11.9. The van der Waals surface area contributed by atoms with E-state index in [9.17, 15) is 18.4 Å². The molecule has 0 aromatic carbocycles. The third-order valence-corrected chi connectivity index (χ3v) is 2.53.